The molecule has 0 aliphatic carbocycles. The minimum atomic E-state index is -0.168. The van der Waals surface area contributed by atoms with Crippen LogP contribution in [0.3, 0.4) is 0 Å². The molecule has 5 nitrogen and oxygen atoms in total. The van der Waals surface area contributed by atoms with Gasteiger partial charge in [0.2, 0.25) is 0 Å². The standard InChI is InChI=1S/C16H19FN4O/c17-15-5-2-1-4-13(15)12-20-6-3-7-21(9-8-20)16(22)14-10-18-19-11-14/h1-2,4-5,10-11H,3,6-9,12H2,(H,18,19). The Kier molecular flexibility index (Phi) is 4.48. The van der Waals surface area contributed by atoms with Gasteiger partial charge in [0.15, 0.2) is 0 Å². The zero-order valence-electron chi connectivity index (χ0n) is 12.3. The topological polar surface area (TPSA) is 52.2 Å². The Morgan fingerprint density at radius 2 is 2.09 bits per heavy atom. The highest BCUT2D eigenvalue weighted by atomic mass is 19.1. The van der Waals surface area contributed by atoms with Crippen molar-refractivity contribution in [3.8, 4) is 0 Å². The second kappa shape index (κ2) is 6.70. The molecule has 1 aromatic heterocycles. The van der Waals surface area contributed by atoms with Gasteiger partial charge in [0.1, 0.15) is 5.82 Å². The molecule has 6 heteroatoms. The lowest BCUT2D eigenvalue weighted by Gasteiger charge is -2.21. The molecule has 3 rings (SSSR count). The Bertz CT molecular complexity index is 629. The molecule has 1 aromatic carbocycles. The van der Waals surface area contributed by atoms with Crippen LogP contribution >= 0.6 is 0 Å². The Balaban J connectivity index is 1.60. The smallest absolute Gasteiger partial charge is 0.257 e. The minimum Gasteiger partial charge on any atom is -0.337 e. The number of carbonyl (C=O) groups is 1. The van der Waals surface area contributed by atoms with Gasteiger partial charge in [-0.25, -0.2) is 4.39 Å². The molecular weight excluding hydrogens is 283 g/mol. The van der Waals surface area contributed by atoms with E-state index in [9.17, 15) is 9.18 Å². The van der Waals surface area contributed by atoms with Gasteiger partial charge in [-0.05, 0) is 12.5 Å². The fraction of sp³-hybridized carbons (Fsp3) is 0.375. The van der Waals surface area contributed by atoms with Crippen LogP contribution in [0.2, 0.25) is 0 Å². The van der Waals surface area contributed by atoms with E-state index in [-0.39, 0.29) is 11.7 Å². The van der Waals surface area contributed by atoms with Crippen LogP contribution in [-0.4, -0.2) is 52.1 Å². The van der Waals surface area contributed by atoms with Gasteiger partial charge in [-0.2, -0.15) is 5.10 Å². The third-order valence-corrected chi connectivity index (χ3v) is 3.97. The number of aromatic amines is 1. The number of benzene rings is 1. The number of hydrogen-bond donors (Lipinski definition) is 1. The zero-order chi connectivity index (χ0) is 15.4. The van der Waals surface area contributed by atoms with Crippen LogP contribution in [0.4, 0.5) is 4.39 Å². The SMILES string of the molecule is O=C(c1cn[nH]c1)N1CCCN(Cc2ccccc2F)CC1. The summed E-state index contributed by atoms with van der Waals surface area (Å²) in [6, 6.07) is 6.86. The first-order valence-corrected chi connectivity index (χ1v) is 7.48. The van der Waals surface area contributed by atoms with Crippen molar-refractivity contribution in [1.29, 1.82) is 0 Å². The third-order valence-electron chi connectivity index (χ3n) is 3.97. The number of halogens is 1. The molecule has 1 aliphatic rings. The van der Waals surface area contributed by atoms with Gasteiger partial charge in [0, 0.05) is 44.5 Å². The first-order chi connectivity index (χ1) is 10.7. The average molecular weight is 302 g/mol. The Morgan fingerprint density at radius 1 is 1.23 bits per heavy atom. The number of H-pyrrole nitrogens is 1. The zero-order valence-corrected chi connectivity index (χ0v) is 12.3. The van der Waals surface area contributed by atoms with E-state index in [2.05, 4.69) is 15.1 Å². The van der Waals surface area contributed by atoms with E-state index < -0.39 is 0 Å². The van der Waals surface area contributed by atoms with Crippen LogP contribution in [-0.2, 0) is 6.54 Å². The van der Waals surface area contributed by atoms with Gasteiger partial charge < -0.3 is 4.90 Å². The number of nitrogens with zero attached hydrogens (tertiary/aromatic N) is 3. The van der Waals surface area contributed by atoms with E-state index in [1.54, 1.807) is 18.5 Å². The van der Waals surface area contributed by atoms with E-state index >= 15 is 0 Å². The van der Waals surface area contributed by atoms with Gasteiger partial charge >= 0.3 is 0 Å². The first-order valence-electron chi connectivity index (χ1n) is 7.48. The van der Waals surface area contributed by atoms with E-state index in [1.807, 2.05) is 17.0 Å². The fourth-order valence-electron chi connectivity index (χ4n) is 2.75. The van der Waals surface area contributed by atoms with Gasteiger partial charge in [0.25, 0.3) is 5.91 Å². The molecule has 2 aromatic rings. The van der Waals surface area contributed by atoms with Gasteiger partial charge in [0.05, 0.1) is 11.8 Å². The summed E-state index contributed by atoms with van der Waals surface area (Å²) in [4.78, 5) is 16.4. The summed E-state index contributed by atoms with van der Waals surface area (Å²) in [5.74, 6) is -0.167. The molecule has 1 N–H and O–H groups in total. The van der Waals surface area contributed by atoms with Crippen LogP contribution in [0.15, 0.2) is 36.7 Å². The van der Waals surface area contributed by atoms with E-state index in [1.165, 1.54) is 6.07 Å². The van der Waals surface area contributed by atoms with Gasteiger partial charge in [-0.1, -0.05) is 18.2 Å². The summed E-state index contributed by atoms with van der Waals surface area (Å²) in [7, 11) is 0. The molecule has 1 amide bonds. The molecule has 1 fully saturated rings. The summed E-state index contributed by atoms with van der Waals surface area (Å²) in [5, 5.41) is 6.48. The summed E-state index contributed by atoms with van der Waals surface area (Å²) in [6.45, 7) is 3.57. The number of carbonyl (C=O) groups excluding carboxylic acids is 1. The van der Waals surface area contributed by atoms with Gasteiger partial charge in [-0.3, -0.25) is 14.8 Å². The van der Waals surface area contributed by atoms with Crippen molar-refractivity contribution in [1.82, 2.24) is 20.0 Å². The number of nitrogens with one attached hydrogen (secondary N) is 1. The van der Waals surface area contributed by atoms with Crippen LogP contribution in [0.1, 0.15) is 22.3 Å². The predicted octanol–water partition coefficient (Wildman–Crippen LogP) is 1.90. The normalized spacial score (nSPS) is 16.5. The second-order valence-corrected chi connectivity index (χ2v) is 5.50. The molecular formula is C16H19FN4O. The summed E-state index contributed by atoms with van der Waals surface area (Å²) in [6.07, 6.45) is 4.05. The molecule has 1 aliphatic heterocycles. The molecule has 2 heterocycles. The predicted molar refractivity (Wildman–Crippen MR) is 80.8 cm³/mol. The molecule has 0 atom stereocenters. The van der Waals surface area contributed by atoms with Crippen molar-refractivity contribution in [2.24, 2.45) is 0 Å². The summed E-state index contributed by atoms with van der Waals surface area (Å²) < 4.78 is 13.7. The van der Waals surface area contributed by atoms with Crippen molar-refractivity contribution >= 4 is 5.91 Å². The van der Waals surface area contributed by atoms with Crippen LogP contribution < -0.4 is 0 Å². The Labute approximate surface area is 128 Å². The number of hydrogen-bond acceptors (Lipinski definition) is 3. The monoisotopic (exact) mass is 302 g/mol. The second-order valence-electron chi connectivity index (χ2n) is 5.50. The summed E-state index contributed by atoms with van der Waals surface area (Å²) in [5.41, 5.74) is 1.29. The number of rotatable bonds is 3. The lowest BCUT2D eigenvalue weighted by molar-refractivity contribution is 0.0761. The van der Waals surface area contributed by atoms with Crippen molar-refractivity contribution in [3.05, 3.63) is 53.6 Å². The maximum Gasteiger partial charge on any atom is 0.257 e. The molecule has 1 saturated heterocycles. The lowest BCUT2D eigenvalue weighted by Crippen LogP contribution is -2.35. The van der Waals surface area contributed by atoms with Crippen LogP contribution in [0.5, 0.6) is 0 Å². The van der Waals surface area contributed by atoms with Crippen molar-refractivity contribution < 1.29 is 9.18 Å². The molecule has 0 spiro atoms. The van der Waals surface area contributed by atoms with Crippen LogP contribution in [0.25, 0.3) is 0 Å². The van der Waals surface area contributed by atoms with Crippen molar-refractivity contribution in [3.63, 3.8) is 0 Å². The average Bonchev–Trinajstić information content (AvgIpc) is 2.96. The van der Waals surface area contributed by atoms with Gasteiger partial charge in [-0.15, -0.1) is 0 Å². The Morgan fingerprint density at radius 3 is 2.86 bits per heavy atom. The lowest BCUT2D eigenvalue weighted by atomic mass is 10.2. The highest BCUT2D eigenvalue weighted by Gasteiger charge is 2.21. The molecule has 116 valence electrons. The first kappa shape index (κ1) is 14.7. The molecule has 0 radical (unpaired) electrons. The summed E-state index contributed by atoms with van der Waals surface area (Å²) >= 11 is 0. The maximum absolute atomic E-state index is 13.7. The minimum absolute atomic E-state index is 0.00138. The van der Waals surface area contributed by atoms with Crippen LogP contribution in [0, 0.1) is 5.82 Å². The molecule has 0 unspecified atom stereocenters. The fourth-order valence-corrected chi connectivity index (χ4v) is 2.75. The highest BCUT2D eigenvalue weighted by Crippen LogP contribution is 2.13. The maximum atomic E-state index is 13.7. The van der Waals surface area contributed by atoms with E-state index in [0.717, 1.165) is 26.1 Å². The largest absolute Gasteiger partial charge is 0.337 e. The quantitative estimate of drug-likeness (QED) is 0.942. The van der Waals surface area contributed by atoms with Crippen molar-refractivity contribution in [2.75, 3.05) is 26.2 Å². The highest BCUT2D eigenvalue weighted by molar-refractivity contribution is 5.93. The van der Waals surface area contributed by atoms with E-state index in [4.69, 9.17) is 0 Å². The number of aromatic nitrogens is 2. The van der Waals surface area contributed by atoms with E-state index in [0.29, 0.717) is 24.2 Å². The third kappa shape index (κ3) is 3.33. The number of amides is 1. The Hall–Kier alpha value is -2.21. The molecule has 0 bridgehead atoms. The molecule has 22 heavy (non-hydrogen) atoms. The molecule has 0 saturated carbocycles. The van der Waals surface area contributed by atoms with Crippen molar-refractivity contribution in [2.45, 2.75) is 13.0 Å².